The Labute approximate surface area is 296 Å². The van der Waals surface area contributed by atoms with Crippen LogP contribution in [0.4, 0.5) is 0 Å². The van der Waals surface area contributed by atoms with Crippen LogP contribution in [0.3, 0.4) is 0 Å². The van der Waals surface area contributed by atoms with Crippen LogP contribution in [0.15, 0.2) is 0 Å². The molecule has 0 aromatic heterocycles. The van der Waals surface area contributed by atoms with Crippen molar-refractivity contribution in [3.05, 3.63) is 0 Å². The summed E-state index contributed by atoms with van der Waals surface area (Å²) in [5.74, 6) is -0.292. The minimum absolute atomic E-state index is 0.240. The molecular formula is C32H59NO18. The first kappa shape index (κ1) is 44.2. The average molecular weight is 746 g/mol. The highest BCUT2D eigenvalue weighted by atomic mass is 16.8. The molecule has 3 saturated heterocycles. The first-order chi connectivity index (χ1) is 24.3. The molecule has 3 fully saturated rings. The van der Waals surface area contributed by atoms with Gasteiger partial charge in [-0.2, -0.15) is 0 Å². The van der Waals surface area contributed by atoms with Gasteiger partial charge in [-0.05, 0) is 12.8 Å². The second-order valence-electron chi connectivity index (χ2n) is 13.3. The third-order valence-corrected chi connectivity index (χ3v) is 9.43. The molecule has 1 amide bonds. The Hall–Kier alpha value is -1.21. The van der Waals surface area contributed by atoms with Gasteiger partial charge in [-0.3, -0.25) is 4.79 Å². The van der Waals surface area contributed by atoms with Crippen LogP contribution in [0.5, 0.6) is 0 Å². The molecule has 0 aliphatic carbocycles. The molecule has 17 atom stereocenters. The van der Waals surface area contributed by atoms with Crippen molar-refractivity contribution in [2.75, 3.05) is 26.4 Å². The van der Waals surface area contributed by atoms with E-state index in [9.17, 15) is 61.0 Å². The van der Waals surface area contributed by atoms with Gasteiger partial charge in [-0.25, -0.2) is 0 Å². The number of aliphatic hydroxyl groups is 11. The van der Waals surface area contributed by atoms with Crippen LogP contribution < -0.4 is 5.32 Å². The van der Waals surface area contributed by atoms with E-state index in [1.54, 1.807) is 0 Å². The van der Waals surface area contributed by atoms with Crippen molar-refractivity contribution in [3.8, 4) is 0 Å². The molecule has 19 nitrogen and oxygen atoms in total. The summed E-state index contributed by atoms with van der Waals surface area (Å²) in [5, 5.41) is 117. The largest absolute Gasteiger partial charge is 0.394 e. The van der Waals surface area contributed by atoms with E-state index >= 15 is 0 Å². The monoisotopic (exact) mass is 745 g/mol. The maximum absolute atomic E-state index is 12.5. The van der Waals surface area contributed by atoms with Crippen molar-refractivity contribution in [2.45, 2.75) is 169 Å². The summed E-state index contributed by atoms with van der Waals surface area (Å²) in [6.07, 6.45) is -20.7. The molecule has 19 heteroatoms. The van der Waals surface area contributed by atoms with Crippen LogP contribution in [0.25, 0.3) is 0 Å². The third kappa shape index (κ3) is 11.6. The molecule has 17 unspecified atom stereocenters. The van der Waals surface area contributed by atoms with Gasteiger partial charge in [0.2, 0.25) is 5.91 Å². The van der Waals surface area contributed by atoms with Gasteiger partial charge in [0.15, 0.2) is 18.9 Å². The minimum atomic E-state index is -1.96. The summed E-state index contributed by atoms with van der Waals surface area (Å²) in [5.41, 5.74) is 0. The molecule has 3 aliphatic heterocycles. The maximum atomic E-state index is 12.5. The zero-order valence-electron chi connectivity index (χ0n) is 29.1. The number of hydrogen-bond acceptors (Lipinski definition) is 18. The van der Waals surface area contributed by atoms with E-state index in [0.29, 0.717) is 19.3 Å². The SMILES string of the molecule is CCCCCCC(O)C(COC1OC(CO)C(OC2OC(CO)C(OC3OC(CO)C(O)C(O)C3O)C(O)C2O)C(O)C1O)NC(=O)CCCC. The normalized spacial score (nSPS) is 40.1. The molecule has 300 valence electrons. The molecule has 3 aliphatic rings. The second-order valence-corrected chi connectivity index (χ2v) is 13.3. The van der Waals surface area contributed by atoms with Gasteiger partial charge >= 0.3 is 0 Å². The maximum Gasteiger partial charge on any atom is 0.220 e. The van der Waals surface area contributed by atoms with E-state index in [1.165, 1.54) is 0 Å². The average Bonchev–Trinajstić information content (AvgIpc) is 3.12. The summed E-state index contributed by atoms with van der Waals surface area (Å²) in [6.45, 7) is 1.28. The third-order valence-electron chi connectivity index (χ3n) is 9.43. The van der Waals surface area contributed by atoms with Gasteiger partial charge in [0.1, 0.15) is 73.2 Å². The Bertz CT molecular complexity index is 994. The van der Waals surface area contributed by atoms with Crippen LogP contribution in [-0.2, 0) is 33.2 Å². The van der Waals surface area contributed by atoms with Crippen LogP contribution in [-0.4, -0.2) is 193 Å². The predicted molar refractivity (Wildman–Crippen MR) is 171 cm³/mol. The molecule has 3 heterocycles. The number of aliphatic hydroxyl groups excluding tert-OH is 11. The number of carbonyl (C=O) groups excluding carboxylic acids is 1. The Morgan fingerprint density at radius 3 is 1.65 bits per heavy atom. The number of rotatable bonds is 20. The fourth-order valence-electron chi connectivity index (χ4n) is 6.23. The molecule has 0 spiro atoms. The second kappa shape index (κ2) is 21.6. The summed E-state index contributed by atoms with van der Waals surface area (Å²) in [4.78, 5) is 12.5. The molecule has 12 N–H and O–H groups in total. The molecule has 3 rings (SSSR count). The van der Waals surface area contributed by atoms with E-state index in [-0.39, 0.29) is 18.9 Å². The standard InChI is InChI=1S/C32H59NO18/c1-3-5-7-8-9-16(37)15(33-20(38)10-6-4-2)14-46-30-26(44)23(41)28(18(12-35)48-30)51-32-27(45)24(42)29(19(13-36)49-32)50-31-25(43)22(40)21(39)17(11-34)47-31/h15-19,21-32,34-37,39-45H,3-14H2,1-2H3,(H,33,38). The fraction of sp³-hybridized carbons (Fsp3) is 0.969. The Morgan fingerprint density at radius 2 is 1.12 bits per heavy atom. The van der Waals surface area contributed by atoms with Crippen LogP contribution in [0, 0.1) is 0 Å². The van der Waals surface area contributed by atoms with E-state index < -0.39 is 124 Å². The van der Waals surface area contributed by atoms with Gasteiger partial charge < -0.3 is 89.9 Å². The van der Waals surface area contributed by atoms with E-state index in [4.69, 9.17) is 28.4 Å². The van der Waals surface area contributed by atoms with Gasteiger partial charge in [0, 0.05) is 6.42 Å². The van der Waals surface area contributed by atoms with Gasteiger partial charge in [0.25, 0.3) is 0 Å². The quantitative estimate of drug-likeness (QED) is 0.0522. The van der Waals surface area contributed by atoms with E-state index in [2.05, 4.69) is 12.2 Å². The van der Waals surface area contributed by atoms with Crippen LogP contribution >= 0.6 is 0 Å². The molecule has 0 aromatic carbocycles. The number of hydrogen-bond donors (Lipinski definition) is 12. The van der Waals surface area contributed by atoms with Crippen molar-refractivity contribution in [1.82, 2.24) is 5.32 Å². The van der Waals surface area contributed by atoms with Gasteiger partial charge in [-0.15, -0.1) is 0 Å². The number of nitrogens with one attached hydrogen (secondary N) is 1. The zero-order chi connectivity index (χ0) is 37.8. The van der Waals surface area contributed by atoms with Crippen molar-refractivity contribution in [2.24, 2.45) is 0 Å². The topological polar surface area (TPSA) is 307 Å². The van der Waals surface area contributed by atoms with Crippen molar-refractivity contribution < 1.29 is 89.4 Å². The van der Waals surface area contributed by atoms with Crippen molar-refractivity contribution in [1.29, 1.82) is 0 Å². The van der Waals surface area contributed by atoms with Crippen molar-refractivity contribution >= 4 is 5.91 Å². The highest BCUT2D eigenvalue weighted by molar-refractivity contribution is 5.76. The molecule has 51 heavy (non-hydrogen) atoms. The van der Waals surface area contributed by atoms with Crippen LogP contribution in [0.1, 0.15) is 65.2 Å². The number of carbonyl (C=O) groups is 1. The van der Waals surface area contributed by atoms with Gasteiger partial charge in [-0.1, -0.05) is 46.0 Å². The fourth-order valence-corrected chi connectivity index (χ4v) is 6.23. The van der Waals surface area contributed by atoms with Crippen molar-refractivity contribution in [3.63, 3.8) is 0 Å². The lowest BCUT2D eigenvalue weighted by molar-refractivity contribution is -0.379. The summed E-state index contributed by atoms with van der Waals surface area (Å²) in [7, 11) is 0. The summed E-state index contributed by atoms with van der Waals surface area (Å²) < 4.78 is 33.5. The highest BCUT2D eigenvalue weighted by Gasteiger charge is 2.53. The molecule has 0 aromatic rings. The minimum Gasteiger partial charge on any atom is -0.394 e. The van der Waals surface area contributed by atoms with Gasteiger partial charge in [0.05, 0.1) is 38.6 Å². The van der Waals surface area contributed by atoms with Crippen LogP contribution in [0.2, 0.25) is 0 Å². The number of ether oxygens (including phenoxy) is 6. The van der Waals surface area contributed by atoms with E-state index in [1.807, 2.05) is 6.92 Å². The number of unbranched alkanes of at least 4 members (excludes halogenated alkanes) is 4. The lowest BCUT2D eigenvalue weighted by atomic mass is 9.96. The number of amides is 1. The first-order valence-electron chi connectivity index (χ1n) is 17.8. The first-order valence-corrected chi connectivity index (χ1v) is 17.8. The lowest BCUT2D eigenvalue weighted by Gasteiger charge is -2.48. The van der Waals surface area contributed by atoms with E-state index in [0.717, 1.165) is 25.7 Å². The predicted octanol–water partition coefficient (Wildman–Crippen LogP) is -4.54. The summed E-state index contributed by atoms with van der Waals surface area (Å²) in [6, 6.07) is -0.869. The summed E-state index contributed by atoms with van der Waals surface area (Å²) >= 11 is 0. The molecule has 0 saturated carbocycles. The molecule has 0 radical (unpaired) electrons. The lowest BCUT2D eigenvalue weighted by Crippen LogP contribution is -2.66. The smallest absolute Gasteiger partial charge is 0.220 e. The Morgan fingerprint density at radius 1 is 0.627 bits per heavy atom. The molecular weight excluding hydrogens is 686 g/mol. The highest BCUT2D eigenvalue weighted by Crippen LogP contribution is 2.32. The Balaban J connectivity index is 1.65. The zero-order valence-corrected chi connectivity index (χ0v) is 29.1. The Kier molecular flexibility index (Phi) is 18.7. The molecule has 0 bridgehead atoms.